The van der Waals surface area contributed by atoms with Crippen molar-refractivity contribution < 1.29 is 4.79 Å². The second-order valence-electron chi connectivity index (χ2n) is 5.60. The quantitative estimate of drug-likeness (QED) is 0.878. The van der Waals surface area contributed by atoms with Crippen LogP contribution >= 0.6 is 0 Å². The van der Waals surface area contributed by atoms with Gasteiger partial charge in [0.15, 0.2) is 0 Å². The van der Waals surface area contributed by atoms with E-state index in [2.05, 4.69) is 11.9 Å². The number of imidazole rings is 1. The maximum absolute atomic E-state index is 12.5. The molecule has 1 saturated heterocycles. The molecule has 2 aromatic heterocycles. The van der Waals surface area contributed by atoms with E-state index < -0.39 is 0 Å². The van der Waals surface area contributed by atoms with Gasteiger partial charge >= 0.3 is 0 Å². The first-order valence-corrected chi connectivity index (χ1v) is 6.53. The number of likely N-dealkylation sites (tertiary alicyclic amines) is 1. The molecule has 100 valence electrons. The molecule has 0 radical (unpaired) electrons. The van der Waals surface area contributed by atoms with E-state index in [1.165, 1.54) is 0 Å². The molecule has 3 rings (SSSR count). The minimum atomic E-state index is 0.0643. The minimum Gasteiger partial charge on any atom is -0.338 e. The lowest BCUT2D eigenvalue weighted by molar-refractivity contribution is 0.0776. The molecule has 5 nitrogen and oxygen atoms in total. The number of hydrogen-bond donors (Lipinski definition) is 1. The third-order valence-electron chi connectivity index (χ3n) is 3.97. The number of hydrogen-bond acceptors (Lipinski definition) is 3. The molecule has 2 aromatic rings. The van der Waals surface area contributed by atoms with Crippen LogP contribution in [0.25, 0.3) is 5.65 Å². The van der Waals surface area contributed by atoms with E-state index in [1.54, 1.807) is 6.20 Å². The predicted molar refractivity (Wildman–Crippen MR) is 72.9 cm³/mol. The van der Waals surface area contributed by atoms with Crippen LogP contribution in [0.4, 0.5) is 0 Å². The highest BCUT2D eigenvalue weighted by molar-refractivity contribution is 5.94. The summed E-state index contributed by atoms with van der Waals surface area (Å²) in [6.45, 7) is 4.29. The number of carbonyl (C=O) groups excluding carboxylic acids is 1. The number of amides is 1. The van der Waals surface area contributed by atoms with Gasteiger partial charge in [-0.25, -0.2) is 4.98 Å². The third kappa shape index (κ3) is 2.10. The molecule has 1 fully saturated rings. The number of carbonyl (C=O) groups is 1. The molecule has 1 amide bonds. The van der Waals surface area contributed by atoms with Crippen molar-refractivity contribution in [1.82, 2.24) is 14.3 Å². The van der Waals surface area contributed by atoms with E-state index in [1.807, 2.05) is 33.8 Å². The van der Waals surface area contributed by atoms with Crippen molar-refractivity contribution in [1.29, 1.82) is 0 Å². The topological polar surface area (TPSA) is 63.6 Å². The summed E-state index contributed by atoms with van der Waals surface area (Å²) in [4.78, 5) is 18.5. The van der Waals surface area contributed by atoms with E-state index in [0.717, 1.165) is 25.2 Å². The molecule has 5 heteroatoms. The van der Waals surface area contributed by atoms with Crippen LogP contribution in [0.2, 0.25) is 0 Å². The summed E-state index contributed by atoms with van der Waals surface area (Å²) in [7, 11) is 0. The zero-order valence-corrected chi connectivity index (χ0v) is 11.0. The van der Waals surface area contributed by atoms with E-state index in [-0.39, 0.29) is 11.3 Å². The predicted octanol–water partition coefficient (Wildman–Crippen LogP) is 1.15. The smallest absolute Gasteiger partial charge is 0.255 e. The van der Waals surface area contributed by atoms with Gasteiger partial charge in [0, 0.05) is 31.7 Å². The van der Waals surface area contributed by atoms with Crippen LogP contribution in [0, 0.1) is 5.41 Å². The van der Waals surface area contributed by atoms with Crippen LogP contribution in [-0.4, -0.2) is 39.8 Å². The Morgan fingerprint density at radius 1 is 1.53 bits per heavy atom. The number of aromatic nitrogens is 2. The largest absolute Gasteiger partial charge is 0.338 e. The highest BCUT2D eigenvalue weighted by Gasteiger charge is 2.35. The van der Waals surface area contributed by atoms with Crippen LogP contribution in [-0.2, 0) is 0 Å². The molecule has 0 spiro atoms. The van der Waals surface area contributed by atoms with E-state index in [0.29, 0.717) is 12.1 Å². The van der Waals surface area contributed by atoms with Crippen molar-refractivity contribution in [2.24, 2.45) is 11.1 Å². The Bertz CT molecular complexity index is 621. The van der Waals surface area contributed by atoms with Gasteiger partial charge in [-0.05, 0) is 30.5 Å². The average Bonchev–Trinajstić information content (AvgIpc) is 3.04. The van der Waals surface area contributed by atoms with Gasteiger partial charge in [0.2, 0.25) is 0 Å². The fourth-order valence-electron chi connectivity index (χ4n) is 2.59. The van der Waals surface area contributed by atoms with Crippen LogP contribution in [0.3, 0.4) is 0 Å². The molecule has 2 N–H and O–H groups in total. The number of nitrogens with zero attached hydrogens (tertiary/aromatic N) is 3. The molecule has 1 unspecified atom stereocenters. The molecule has 19 heavy (non-hydrogen) atoms. The highest BCUT2D eigenvalue weighted by atomic mass is 16.2. The maximum Gasteiger partial charge on any atom is 0.255 e. The van der Waals surface area contributed by atoms with E-state index in [4.69, 9.17) is 5.73 Å². The molecule has 1 atom stereocenters. The van der Waals surface area contributed by atoms with Crippen molar-refractivity contribution in [3.63, 3.8) is 0 Å². The second kappa shape index (κ2) is 4.35. The van der Waals surface area contributed by atoms with Gasteiger partial charge in [-0.3, -0.25) is 4.79 Å². The minimum absolute atomic E-state index is 0.0643. The van der Waals surface area contributed by atoms with Crippen molar-refractivity contribution >= 4 is 11.6 Å². The molecule has 3 heterocycles. The van der Waals surface area contributed by atoms with Crippen molar-refractivity contribution in [3.05, 3.63) is 36.3 Å². The van der Waals surface area contributed by atoms with Gasteiger partial charge in [0.05, 0.1) is 5.56 Å². The normalized spacial score (nSPS) is 23.2. The molecule has 0 saturated carbocycles. The monoisotopic (exact) mass is 258 g/mol. The van der Waals surface area contributed by atoms with Crippen LogP contribution in [0.5, 0.6) is 0 Å². The van der Waals surface area contributed by atoms with Crippen LogP contribution in [0.15, 0.2) is 30.7 Å². The lowest BCUT2D eigenvalue weighted by atomic mass is 9.90. The Kier molecular flexibility index (Phi) is 2.78. The third-order valence-corrected chi connectivity index (χ3v) is 3.97. The summed E-state index contributed by atoms with van der Waals surface area (Å²) < 4.78 is 1.87. The maximum atomic E-state index is 12.5. The van der Waals surface area contributed by atoms with E-state index in [9.17, 15) is 4.79 Å². The summed E-state index contributed by atoms with van der Waals surface area (Å²) in [5.41, 5.74) is 7.40. The van der Waals surface area contributed by atoms with E-state index >= 15 is 0 Å². The van der Waals surface area contributed by atoms with Gasteiger partial charge in [0.1, 0.15) is 5.65 Å². The number of pyridine rings is 1. The SMILES string of the molecule is CC1(CN)CCN(C(=O)c2ccc3nccn3c2)C1. The van der Waals surface area contributed by atoms with Gasteiger partial charge in [0.25, 0.3) is 5.91 Å². The highest BCUT2D eigenvalue weighted by Crippen LogP contribution is 2.29. The first-order chi connectivity index (χ1) is 9.11. The summed E-state index contributed by atoms with van der Waals surface area (Å²) in [5, 5.41) is 0. The molecule has 0 bridgehead atoms. The Morgan fingerprint density at radius 2 is 2.37 bits per heavy atom. The van der Waals surface area contributed by atoms with Crippen LogP contribution < -0.4 is 5.73 Å². The lowest BCUT2D eigenvalue weighted by Crippen LogP contribution is -2.34. The first-order valence-electron chi connectivity index (χ1n) is 6.53. The Morgan fingerprint density at radius 3 is 3.11 bits per heavy atom. The number of fused-ring (bicyclic) bond motifs is 1. The summed E-state index contributed by atoms with van der Waals surface area (Å²) in [5.74, 6) is 0.0766. The number of rotatable bonds is 2. The Hall–Kier alpha value is -1.88. The first kappa shape index (κ1) is 12.2. The Labute approximate surface area is 112 Å². The molecule has 0 aromatic carbocycles. The Balaban J connectivity index is 1.84. The van der Waals surface area contributed by atoms with Crippen LogP contribution in [0.1, 0.15) is 23.7 Å². The van der Waals surface area contributed by atoms with Crippen molar-refractivity contribution in [3.8, 4) is 0 Å². The molecule has 1 aliphatic rings. The van der Waals surface area contributed by atoms with Crippen molar-refractivity contribution in [2.75, 3.05) is 19.6 Å². The van der Waals surface area contributed by atoms with Gasteiger partial charge in [-0.1, -0.05) is 6.92 Å². The zero-order chi connectivity index (χ0) is 13.5. The van der Waals surface area contributed by atoms with Gasteiger partial charge in [-0.2, -0.15) is 0 Å². The fourth-order valence-corrected chi connectivity index (χ4v) is 2.59. The summed E-state index contributed by atoms with van der Waals surface area (Å²) in [6.07, 6.45) is 6.39. The van der Waals surface area contributed by atoms with Crippen molar-refractivity contribution in [2.45, 2.75) is 13.3 Å². The standard InChI is InChI=1S/C14H18N4O/c1-14(9-15)4-6-18(10-14)13(19)11-2-3-12-16-5-7-17(12)8-11/h2-3,5,7-8H,4,6,9-10,15H2,1H3. The number of nitrogens with two attached hydrogens (primary N) is 1. The fraction of sp³-hybridized carbons (Fsp3) is 0.429. The van der Waals surface area contributed by atoms with Gasteiger partial charge in [-0.15, -0.1) is 0 Å². The molecular formula is C14H18N4O. The summed E-state index contributed by atoms with van der Waals surface area (Å²) >= 11 is 0. The molecular weight excluding hydrogens is 240 g/mol. The second-order valence-corrected chi connectivity index (χ2v) is 5.60. The zero-order valence-electron chi connectivity index (χ0n) is 11.0. The molecule has 1 aliphatic heterocycles. The average molecular weight is 258 g/mol. The summed E-state index contributed by atoms with van der Waals surface area (Å²) in [6, 6.07) is 3.70. The molecule has 0 aliphatic carbocycles. The lowest BCUT2D eigenvalue weighted by Gasteiger charge is -2.22. The van der Waals surface area contributed by atoms with Gasteiger partial charge < -0.3 is 15.0 Å².